The van der Waals surface area contributed by atoms with Gasteiger partial charge in [-0.3, -0.25) is 4.79 Å². The highest BCUT2D eigenvalue weighted by molar-refractivity contribution is 7.12. The SMILES string of the molecule is O=C(COC(=O)/C(=C/c1cccs1)c1cccs1)NCc1cccs1. The van der Waals surface area contributed by atoms with Gasteiger partial charge in [0.2, 0.25) is 0 Å². The Morgan fingerprint density at radius 2 is 1.76 bits per heavy atom. The fraction of sp³-hybridized carbons (Fsp3) is 0.111. The van der Waals surface area contributed by atoms with Gasteiger partial charge in [-0.05, 0) is 40.4 Å². The molecule has 7 heteroatoms. The third-order valence-corrected chi connectivity index (χ3v) is 5.81. The van der Waals surface area contributed by atoms with E-state index in [9.17, 15) is 9.59 Å². The minimum Gasteiger partial charge on any atom is -0.452 e. The maximum atomic E-state index is 12.4. The minimum atomic E-state index is -0.498. The van der Waals surface area contributed by atoms with Crippen LogP contribution in [-0.4, -0.2) is 18.5 Å². The van der Waals surface area contributed by atoms with Crippen LogP contribution < -0.4 is 5.32 Å². The maximum absolute atomic E-state index is 12.4. The van der Waals surface area contributed by atoms with Gasteiger partial charge in [0.05, 0.1) is 12.1 Å². The Balaban J connectivity index is 1.60. The Labute approximate surface area is 157 Å². The van der Waals surface area contributed by atoms with E-state index < -0.39 is 5.97 Å². The van der Waals surface area contributed by atoms with Crippen LogP contribution in [0.2, 0.25) is 0 Å². The number of carbonyl (C=O) groups excluding carboxylic acids is 2. The van der Waals surface area contributed by atoms with E-state index in [2.05, 4.69) is 5.32 Å². The Hall–Kier alpha value is -2.22. The second-order valence-corrected chi connectivity index (χ2v) is 7.94. The van der Waals surface area contributed by atoms with E-state index in [1.165, 1.54) is 22.7 Å². The van der Waals surface area contributed by atoms with Crippen molar-refractivity contribution in [2.45, 2.75) is 6.54 Å². The molecule has 25 heavy (non-hydrogen) atoms. The summed E-state index contributed by atoms with van der Waals surface area (Å²) < 4.78 is 5.20. The van der Waals surface area contributed by atoms with Crippen LogP contribution in [0.4, 0.5) is 0 Å². The number of hydrogen-bond donors (Lipinski definition) is 1. The number of ether oxygens (including phenoxy) is 1. The number of thiophene rings is 3. The molecule has 0 bridgehead atoms. The van der Waals surface area contributed by atoms with Crippen molar-refractivity contribution in [1.82, 2.24) is 5.32 Å². The summed E-state index contributed by atoms with van der Waals surface area (Å²) in [5.41, 5.74) is 0.462. The molecule has 3 rings (SSSR count). The first-order valence-electron chi connectivity index (χ1n) is 7.47. The van der Waals surface area contributed by atoms with Gasteiger partial charge in [-0.2, -0.15) is 0 Å². The van der Waals surface area contributed by atoms with Gasteiger partial charge in [0, 0.05) is 14.6 Å². The molecule has 0 fully saturated rings. The molecule has 3 heterocycles. The highest BCUT2D eigenvalue weighted by atomic mass is 32.1. The van der Waals surface area contributed by atoms with Gasteiger partial charge < -0.3 is 10.1 Å². The lowest BCUT2D eigenvalue weighted by Crippen LogP contribution is -2.28. The summed E-state index contributed by atoms with van der Waals surface area (Å²) in [6.07, 6.45) is 1.79. The summed E-state index contributed by atoms with van der Waals surface area (Å²) in [7, 11) is 0. The van der Waals surface area contributed by atoms with E-state index >= 15 is 0 Å². The third-order valence-electron chi connectivity index (χ3n) is 3.21. The molecule has 0 atom stereocenters. The average Bonchev–Trinajstić information content (AvgIpc) is 3.38. The number of hydrogen-bond acceptors (Lipinski definition) is 6. The third kappa shape index (κ3) is 5.12. The summed E-state index contributed by atoms with van der Waals surface area (Å²) in [6.45, 7) is 0.147. The van der Waals surface area contributed by atoms with E-state index in [1.807, 2.05) is 52.5 Å². The van der Waals surface area contributed by atoms with Gasteiger partial charge in [0.15, 0.2) is 6.61 Å². The van der Waals surface area contributed by atoms with Crippen molar-refractivity contribution < 1.29 is 14.3 Å². The van der Waals surface area contributed by atoms with Crippen LogP contribution in [0.3, 0.4) is 0 Å². The van der Waals surface area contributed by atoms with Crippen LogP contribution in [-0.2, 0) is 20.9 Å². The van der Waals surface area contributed by atoms with Crippen LogP contribution in [0.5, 0.6) is 0 Å². The number of amides is 1. The van der Waals surface area contributed by atoms with E-state index in [-0.39, 0.29) is 12.5 Å². The minimum absolute atomic E-state index is 0.294. The predicted octanol–water partition coefficient (Wildman–Crippen LogP) is 4.27. The number of carbonyl (C=O) groups is 2. The Bertz CT molecular complexity index is 834. The lowest BCUT2D eigenvalue weighted by atomic mass is 10.2. The predicted molar refractivity (Wildman–Crippen MR) is 104 cm³/mol. The van der Waals surface area contributed by atoms with Crippen LogP contribution in [0, 0.1) is 0 Å². The Kier molecular flexibility index (Phi) is 6.16. The second-order valence-electron chi connectivity index (χ2n) is 4.98. The van der Waals surface area contributed by atoms with Gasteiger partial charge in [-0.1, -0.05) is 18.2 Å². The van der Waals surface area contributed by atoms with E-state index in [4.69, 9.17) is 4.74 Å². The first kappa shape index (κ1) is 17.6. The summed E-state index contributed by atoms with van der Waals surface area (Å²) in [5, 5.41) is 8.53. The molecule has 4 nitrogen and oxygen atoms in total. The van der Waals surface area contributed by atoms with Crippen molar-refractivity contribution in [2.24, 2.45) is 0 Å². The van der Waals surface area contributed by atoms with Crippen LogP contribution in [0.15, 0.2) is 52.5 Å². The second kappa shape index (κ2) is 8.75. The van der Waals surface area contributed by atoms with Gasteiger partial charge >= 0.3 is 5.97 Å². The van der Waals surface area contributed by atoms with Crippen molar-refractivity contribution in [3.8, 4) is 0 Å². The van der Waals surface area contributed by atoms with E-state index in [0.717, 1.165) is 14.6 Å². The monoisotopic (exact) mass is 389 g/mol. The molecular weight excluding hydrogens is 374 g/mol. The highest BCUT2D eigenvalue weighted by Gasteiger charge is 2.16. The fourth-order valence-corrected chi connectivity index (χ4v) is 4.07. The molecule has 1 amide bonds. The summed E-state index contributed by atoms with van der Waals surface area (Å²) in [4.78, 5) is 27.1. The van der Waals surface area contributed by atoms with Crippen molar-refractivity contribution in [2.75, 3.05) is 6.61 Å². The molecule has 0 aliphatic carbocycles. The zero-order valence-electron chi connectivity index (χ0n) is 13.1. The number of nitrogens with one attached hydrogen (secondary N) is 1. The molecule has 0 aliphatic heterocycles. The van der Waals surface area contributed by atoms with E-state index in [0.29, 0.717) is 12.1 Å². The largest absolute Gasteiger partial charge is 0.452 e. The van der Waals surface area contributed by atoms with Crippen molar-refractivity contribution in [1.29, 1.82) is 0 Å². The molecule has 0 radical (unpaired) electrons. The highest BCUT2D eigenvalue weighted by Crippen LogP contribution is 2.25. The van der Waals surface area contributed by atoms with Crippen LogP contribution in [0.1, 0.15) is 14.6 Å². The molecule has 0 unspecified atom stereocenters. The van der Waals surface area contributed by atoms with Gasteiger partial charge in [-0.15, -0.1) is 34.0 Å². The normalized spacial score (nSPS) is 11.3. The first-order valence-corrected chi connectivity index (χ1v) is 10.1. The molecule has 0 aromatic carbocycles. The fourth-order valence-electron chi connectivity index (χ4n) is 2.04. The Morgan fingerprint density at radius 1 is 1.00 bits per heavy atom. The summed E-state index contributed by atoms with van der Waals surface area (Å²) in [5.74, 6) is -0.814. The molecular formula is C18H15NO3S3. The van der Waals surface area contributed by atoms with Gasteiger partial charge in [0.25, 0.3) is 5.91 Å². The standard InChI is InChI=1S/C18H15NO3S3/c20-17(19-11-14-5-2-8-24-14)12-22-18(21)15(16-6-3-9-25-16)10-13-4-1-7-23-13/h1-10H,11-12H2,(H,19,20)/b15-10+. The number of rotatable bonds is 7. The molecule has 3 aromatic heterocycles. The zero-order valence-corrected chi connectivity index (χ0v) is 15.6. The topological polar surface area (TPSA) is 55.4 Å². The molecule has 0 saturated heterocycles. The number of esters is 1. The van der Waals surface area contributed by atoms with Crippen molar-refractivity contribution in [3.63, 3.8) is 0 Å². The van der Waals surface area contributed by atoms with E-state index in [1.54, 1.807) is 17.4 Å². The molecule has 0 saturated carbocycles. The smallest absolute Gasteiger partial charge is 0.340 e. The molecule has 3 aromatic rings. The van der Waals surface area contributed by atoms with Gasteiger partial charge in [-0.25, -0.2) is 4.79 Å². The molecule has 1 N–H and O–H groups in total. The lowest BCUT2D eigenvalue weighted by molar-refractivity contribution is -0.142. The van der Waals surface area contributed by atoms with Crippen molar-refractivity contribution >= 4 is 57.5 Å². The molecule has 0 spiro atoms. The Morgan fingerprint density at radius 3 is 2.44 bits per heavy atom. The van der Waals surface area contributed by atoms with Crippen LogP contribution in [0.25, 0.3) is 11.6 Å². The zero-order chi connectivity index (χ0) is 17.5. The summed E-state index contributed by atoms with van der Waals surface area (Å²) >= 11 is 4.57. The summed E-state index contributed by atoms with van der Waals surface area (Å²) in [6, 6.07) is 11.5. The molecule has 128 valence electrons. The lowest BCUT2D eigenvalue weighted by Gasteiger charge is -2.07. The maximum Gasteiger partial charge on any atom is 0.340 e. The quantitative estimate of drug-likeness (QED) is 0.485. The van der Waals surface area contributed by atoms with Gasteiger partial charge in [0.1, 0.15) is 0 Å². The van der Waals surface area contributed by atoms with Crippen LogP contribution >= 0.6 is 34.0 Å². The average molecular weight is 390 g/mol. The van der Waals surface area contributed by atoms with Crippen molar-refractivity contribution in [3.05, 3.63) is 67.2 Å². The molecule has 0 aliphatic rings. The first-order chi connectivity index (χ1) is 12.2.